The van der Waals surface area contributed by atoms with Crippen molar-refractivity contribution in [1.82, 2.24) is 0 Å². The SMILES string of the molecule is CC(C)[CH2][Ge]([Cl])([Cl])[Cl]. The van der Waals surface area contributed by atoms with Gasteiger partial charge in [-0.05, 0) is 0 Å². The molecule has 0 radical (unpaired) electrons. The average Bonchev–Trinajstić information content (AvgIpc) is 1.21. The maximum absolute atomic E-state index is 5.65. The van der Waals surface area contributed by atoms with E-state index >= 15 is 0 Å². The van der Waals surface area contributed by atoms with Crippen molar-refractivity contribution in [3.05, 3.63) is 0 Å². The van der Waals surface area contributed by atoms with E-state index in [-0.39, 0.29) is 0 Å². The summed E-state index contributed by atoms with van der Waals surface area (Å²) in [5, 5.41) is 0.810. The van der Waals surface area contributed by atoms with E-state index in [0.29, 0.717) is 5.92 Å². The topological polar surface area (TPSA) is 0 Å². The first kappa shape index (κ1) is 9.41. The van der Waals surface area contributed by atoms with Crippen LogP contribution in [0.15, 0.2) is 0 Å². The summed E-state index contributed by atoms with van der Waals surface area (Å²) >= 11 is 0. The van der Waals surface area contributed by atoms with Crippen LogP contribution in [0, 0.1) is 5.92 Å². The number of hydrogen-bond donors (Lipinski definition) is 0. The molecule has 0 bridgehead atoms. The summed E-state index contributed by atoms with van der Waals surface area (Å²) < 4.78 is 0. The molecule has 0 N–H and O–H groups in total. The van der Waals surface area contributed by atoms with Crippen molar-refractivity contribution in [2.24, 2.45) is 5.92 Å². The molecule has 50 valence electrons. The Kier molecular flexibility index (Phi) is 4.18. The molecule has 4 heteroatoms. The molecule has 0 aliphatic carbocycles. The first-order valence-corrected chi connectivity index (χ1v) is 12.2. The van der Waals surface area contributed by atoms with Gasteiger partial charge in [-0.2, -0.15) is 0 Å². The Morgan fingerprint density at radius 2 is 1.62 bits per heavy atom. The number of rotatable bonds is 2. The van der Waals surface area contributed by atoms with Gasteiger partial charge in [-0.15, -0.1) is 0 Å². The molecule has 0 nitrogen and oxygen atoms in total. The Balaban J connectivity index is 3.39. The third-order valence-corrected chi connectivity index (χ3v) is 5.73. The van der Waals surface area contributed by atoms with Crippen LogP contribution in [-0.2, 0) is 0 Å². The molecular formula is C4H9Cl3Ge. The van der Waals surface area contributed by atoms with Crippen molar-refractivity contribution in [3.8, 4) is 0 Å². The zero-order valence-corrected chi connectivity index (χ0v) is 9.28. The van der Waals surface area contributed by atoms with E-state index < -0.39 is 10.5 Å². The Morgan fingerprint density at radius 3 is 1.62 bits per heavy atom. The minimum atomic E-state index is -2.74. The van der Waals surface area contributed by atoms with Crippen LogP contribution < -0.4 is 0 Å². The minimum absolute atomic E-state index is 0.530. The van der Waals surface area contributed by atoms with E-state index in [9.17, 15) is 0 Å². The van der Waals surface area contributed by atoms with E-state index in [2.05, 4.69) is 13.8 Å². The van der Waals surface area contributed by atoms with Gasteiger partial charge in [0.05, 0.1) is 0 Å². The van der Waals surface area contributed by atoms with Crippen molar-refractivity contribution in [2.75, 3.05) is 0 Å². The molecule has 0 aromatic carbocycles. The molecule has 8 heavy (non-hydrogen) atoms. The van der Waals surface area contributed by atoms with Crippen molar-refractivity contribution in [1.29, 1.82) is 0 Å². The normalized spacial score (nSPS) is 12.8. The van der Waals surface area contributed by atoms with Gasteiger partial charge < -0.3 is 0 Å². The molecule has 0 heterocycles. The third-order valence-electron chi connectivity index (χ3n) is 0.640. The van der Waals surface area contributed by atoms with Gasteiger partial charge >= 0.3 is 65.5 Å². The Bertz CT molecular complexity index is 66.2. The van der Waals surface area contributed by atoms with Crippen LogP contribution >= 0.6 is 30.0 Å². The summed E-state index contributed by atoms with van der Waals surface area (Å²) in [4.78, 5) is 0. The van der Waals surface area contributed by atoms with E-state index in [0.717, 1.165) is 5.25 Å². The molecule has 0 atom stereocenters. The van der Waals surface area contributed by atoms with Crippen molar-refractivity contribution >= 4 is 40.5 Å². The van der Waals surface area contributed by atoms with Gasteiger partial charge in [0, 0.05) is 0 Å². The van der Waals surface area contributed by atoms with E-state index in [4.69, 9.17) is 30.0 Å². The molecule has 0 aromatic heterocycles. The Morgan fingerprint density at radius 1 is 1.25 bits per heavy atom. The first-order chi connectivity index (χ1) is 3.42. The van der Waals surface area contributed by atoms with Gasteiger partial charge in [-0.3, -0.25) is 0 Å². The molecule has 0 fully saturated rings. The number of halogens is 3. The number of hydrogen-bond acceptors (Lipinski definition) is 0. The van der Waals surface area contributed by atoms with Crippen LogP contribution in [0.1, 0.15) is 13.8 Å². The molecule has 0 amide bonds. The van der Waals surface area contributed by atoms with Gasteiger partial charge in [0.2, 0.25) is 0 Å². The maximum atomic E-state index is 5.65. The predicted molar refractivity (Wildman–Crippen MR) is 43.0 cm³/mol. The Hall–Kier alpha value is 1.41. The molecule has 0 saturated carbocycles. The second kappa shape index (κ2) is 3.55. The second-order valence-electron chi connectivity index (χ2n) is 2.21. The van der Waals surface area contributed by atoms with Crippen LogP contribution in [0.25, 0.3) is 0 Å². The van der Waals surface area contributed by atoms with Crippen molar-refractivity contribution in [2.45, 2.75) is 19.1 Å². The molecule has 0 aromatic rings. The van der Waals surface area contributed by atoms with Gasteiger partial charge in [0.15, 0.2) is 0 Å². The average molecular weight is 236 g/mol. The van der Waals surface area contributed by atoms with Crippen LogP contribution in [0.4, 0.5) is 0 Å². The van der Waals surface area contributed by atoms with Crippen LogP contribution in [-0.4, -0.2) is 10.5 Å². The van der Waals surface area contributed by atoms with Gasteiger partial charge in [-0.1, -0.05) is 0 Å². The van der Waals surface area contributed by atoms with Gasteiger partial charge in [0.1, 0.15) is 0 Å². The zero-order valence-electron chi connectivity index (χ0n) is 4.92. The summed E-state index contributed by atoms with van der Waals surface area (Å²) in [6, 6.07) is 0. The fraction of sp³-hybridized carbons (Fsp3) is 1.00. The standard InChI is InChI=1S/C4H9Cl3Ge/c1-4(2)3-8(5,6)7/h4H,3H2,1-2H3. The summed E-state index contributed by atoms with van der Waals surface area (Å²) in [6.45, 7) is 4.13. The second-order valence-corrected chi connectivity index (χ2v) is 18.7. The molecular weight excluding hydrogens is 227 g/mol. The fourth-order valence-corrected chi connectivity index (χ4v) is 7.22. The van der Waals surface area contributed by atoms with Crippen LogP contribution in [0.3, 0.4) is 0 Å². The van der Waals surface area contributed by atoms with Crippen LogP contribution in [0.2, 0.25) is 5.25 Å². The molecule has 0 aliphatic heterocycles. The van der Waals surface area contributed by atoms with Crippen molar-refractivity contribution < 1.29 is 0 Å². The molecule has 0 saturated heterocycles. The van der Waals surface area contributed by atoms with E-state index in [1.165, 1.54) is 0 Å². The van der Waals surface area contributed by atoms with Crippen molar-refractivity contribution in [3.63, 3.8) is 0 Å². The fourth-order valence-electron chi connectivity index (χ4n) is 0.463. The first-order valence-electron chi connectivity index (χ1n) is 2.48. The quantitative estimate of drug-likeness (QED) is 0.645. The molecule has 0 rings (SSSR count). The zero-order chi connectivity index (χ0) is 6.78. The van der Waals surface area contributed by atoms with E-state index in [1.807, 2.05) is 0 Å². The molecule has 0 unspecified atom stereocenters. The molecule has 0 spiro atoms. The molecule has 0 aliphatic rings. The summed E-state index contributed by atoms with van der Waals surface area (Å²) in [5.41, 5.74) is 0. The monoisotopic (exact) mass is 236 g/mol. The summed E-state index contributed by atoms with van der Waals surface area (Å²) in [6.07, 6.45) is 0. The van der Waals surface area contributed by atoms with Gasteiger partial charge in [-0.25, -0.2) is 0 Å². The summed E-state index contributed by atoms with van der Waals surface area (Å²) in [5.74, 6) is 0.530. The van der Waals surface area contributed by atoms with E-state index in [1.54, 1.807) is 0 Å². The summed E-state index contributed by atoms with van der Waals surface area (Å²) in [7, 11) is 14.2. The Labute approximate surface area is 65.4 Å². The van der Waals surface area contributed by atoms with Gasteiger partial charge in [0.25, 0.3) is 0 Å². The predicted octanol–water partition coefficient (Wildman–Crippen LogP) is 3.30. The third kappa shape index (κ3) is 7.41. The van der Waals surface area contributed by atoms with Crippen LogP contribution in [0.5, 0.6) is 0 Å².